The molecule has 0 aliphatic heterocycles. The third-order valence-electron chi connectivity index (χ3n) is 3.41. The summed E-state index contributed by atoms with van der Waals surface area (Å²) in [6, 6.07) is 17.9. The van der Waals surface area contributed by atoms with Gasteiger partial charge >= 0.3 is 5.97 Å². The van der Waals surface area contributed by atoms with Gasteiger partial charge in [0.1, 0.15) is 5.75 Å². The average molecular weight is 345 g/mol. The molecule has 0 fully saturated rings. The highest BCUT2D eigenvalue weighted by atomic mass is 32.2. The summed E-state index contributed by atoms with van der Waals surface area (Å²) in [6.45, 7) is 2.83. The standard InChI is InChI=1S/C19H23NO3S/c1-3-23-19(21)18(20-13-15-7-5-4-6-8-15)24-14-16-9-11-17(22-2)12-10-16/h4-12,18,20H,3,13-14H2,1-2H3. The van der Waals surface area contributed by atoms with Crippen LogP contribution in [0.1, 0.15) is 18.1 Å². The number of carbonyl (C=O) groups is 1. The van der Waals surface area contributed by atoms with Crippen molar-refractivity contribution in [2.45, 2.75) is 24.6 Å². The Kier molecular flexibility index (Phi) is 7.65. The van der Waals surface area contributed by atoms with Gasteiger partial charge < -0.3 is 9.47 Å². The van der Waals surface area contributed by atoms with E-state index in [4.69, 9.17) is 9.47 Å². The van der Waals surface area contributed by atoms with E-state index in [1.165, 1.54) is 11.8 Å². The molecule has 1 atom stereocenters. The van der Waals surface area contributed by atoms with Crippen molar-refractivity contribution in [3.8, 4) is 5.75 Å². The van der Waals surface area contributed by atoms with Crippen LogP contribution in [0.2, 0.25) is 0 Å². The third kappa shape index (κ3) is 5.91. The highest BCUT2D eigenvalue weighted by Gasteiger charge is 2.19. The first-order chi connectivity index (χ1) is 11.7. The van der Waals surface area contributed by atoms with Crippen molar-refractivity contribution in [1.82, 2.24) is 5.32 Å². The number of thioether (sulfide) groups is 1. The summed E-state index contributed by atoms with van der Waals surface area (Å²) in [5.41, 5.74) is 2.27. The quantitative estimate of drug-likeness (QED) is 0.556. The predicted octanol–water partition coefficient (Wildman–Crippen LogP) is 3.61. The summed E-state index contributed by atoms with van der Waals surface area (Å²) in [5, 5.41) is 2.88. The fraction of sp³-hybridized carbons (Fsp3) is 0.316. The van der Waals surface area contributed by atoms with Crippen molar-refractivity contribution >= 4 is 17.7 Å². The summed E-state index contributed by atoms with van der Waals surface area (Å²) in [5.74, 6) is 1.31. The van der Waals surface area contributed by atoms with Gasteiger partial charge in [0.05, 0.1) is 13.7 Å². The van der Waals surface area contributed by atoms with Gasteiger partial charge in [-0.05, 0) is 30.2 Å². The van der Waals surface area contributed by atoms with Crippen LogP contribution in [0.5, 0.6) is 5.75 Å². The van der Waals surface area contributed by atoms with Crippen LogP contribution < -0.4 is 10.1 Å². The van der Waals surface area contributed by atoms with E-state index in [1.54, 1.807) is 7.11 Å². The first-order valence-corrected chi connectivity index (χ1v) is 8.96. The number of methoxy groups -OCH3 is 1. The summed E-state index contributed by atoms with van der Waals surface area (Å²) < 4.78 is 10.3. The molecule has 0 saturated carbocycles. The molecule has 128 valence electrons. The Balaban J connectivity index is 1.93. The molecular weight excluding hydrogens is 322 g/mol. The molecule has 4 nitrogen and oxygen atoms in total. The first-order valence-electron chi connectivity index (χ1n) is 7.91. The summed E-state index contributed by atoms with van der Waals surface area (Å²) >= 11 is 1.53. The number of ether oxygens (including phenoxy) is 2. The normalized spacial score (nSPS) is 11.8. The molecule has 2 aromatic carbocycles. The third-order valence-corrected chi connectivity index (χ3v) is 4.60. The second-order valence-corrected chi connectivity index (χ2v) is 6.25. The van der Waals surface area contributed by atoms with Gasteiger partial charge in [-0.25, -0.2) is 4.79 Å². The van der Waals surface area contributed by atoms with E-state index in [0.717, 1.165) is 22.6 Å². The maximum absolute atomic E-state index is 12.2. The number of hydrogen-bond acceptors (Lipinski definition) is 5. The van der Waals surface area contributed by atoms with Gasteiger partial charge in [0.2, 0.25) is 0 Å². The van der Waals surface area contributed by atoms with Crippen molar-refractivity contribution in [3.63, 3.8) is 0 Å². The molecule has 2 rings (SSSR count). The number of benzene rings is 2. The number of carbonyl (C=O) groups excluding carboxylic acids is 1. The van der Waals surface area contributed by atoms with Crippen LogP contribution in [0.25, 0.3) is 0 Å². The number of nitrogens with one attached hydrogen (secondary N) is 1. The smallest absolute Gasteiger partial charge is 0.333 e. The zero-order chi connectivity index (χ0) is 17.2. The minimum absolute atomic E-state index is 0.230. The van der Waals surface area contributed by atoms with Crippen molar-refractivity contribution < 1.29 is 14.3 Å². The Morgan fingerprint density at radius 1 is 1.08 bits per heavy atom. The van der Waals surface area contributed by atoms with E-state index < -0.39 is 5.37 Å². The molecule has 0 amide bonds. The van der Waals surface area contributed by atoms with Crippen LogP contribution in [0.3, 0.4) is 0 Å². The Bertz CT molecular complexity index is 616. The van der Waals surface area contributed by atoms with Crippen molar-refractivity contribution in [1.29, 1.82) is 0 Å². The molecule has 2 aromatic rings. The highest BCUT2D eigenvalue weighted by Crippen LogP contribution is 2.20. The molecule has 0 spiro atoms. The van der Waals surface area contributed by atoms with Crippen molar-refractivity contribution in [2.24, 2.45) is 0 Å². The number of rotatable bonds is 9. The SMILES string of the molecule is CCOC(=O)C(NCc1ccccc1)SCc1ccc(OC)cc1. The molecule has 0 saturated heterocycles. The molecule has 0 bridgehead atoms. The Labute approximate surface area is 147 Å². The van der Waals surface area contributed by atoms with Gasteiger partial charge in [0.15, 0.2) is 5.37 Å². The Hall–Kier alpha value is -1.98. The zero-order valence-electron chi connectivity index (χ0n) is 14.0. The second-order valence-electron chi connectivity index (χ2n) is 5.16. The molecule has 5 heteroatoms. The van der Waals surface area contributed by atoms with Crippen molar-refractivity contribution in [3.05, 3.63) is 65.7 Å². The van der Waals surface area contributed by atoms with Gasteiger partial charge in [-0.2, -0.15) is 0 Å². The van der Waals surface area contributed by atoms with E-state index in [0.29, 0.717) is 13.2 Å². The van der Waals surface area contributed by atoms with Crippen LogP contribution in [-0.4, -0.2) is 25.1 Å². The van der Waals surface area contributed by atoms with E-state index in [9.17, 15) is 4.79 Å². The molecule has 1 N–H and O–H groups in total. The van der Waals surface area contributed by atoms with Crippen LogP contribution >= 0.6 is 11.8 Å². The maximum atomic E-state index is 12.2. The summed E-state index contributed by atoms with van der Waals surface area (Å²) in [6.07, 6.45) is 0. The average Bonchev–Trinajstić information content (AvgIpc) is 2.63. The lowest BCUT2D eigenvalue weighted by atomic mass is 10.2. The Morgan fingerprint density at radius 2 is 1.79 bits per heavy atom. The fourth-order valence-corrected chi connectivity index (χ4v) is 3.09. The van der Waals surface area contributed by atoms with E-state index >= 15 is 0 Å². The second kappa shape index (κ2) is 10.0. The topological polar surface area (TPSA) is 47.6 Å². The molecule has 1 unspecified atom stereocenters. The van der Waals surface area contributed by atoms with Gasteiger partial charge in [0.25, 0.3) is 0 Å². The molecule has 0 aliphatic carbocycles. The lowest BCUT2D eigenvalue weighted by Gasteiger charge is -2.17. The molecule has 0 heterocycles. The maximum Gasteiger partial charge on any atom is 0.333 e. The lowest BCUT2D eigenvalue weighted by Crippen LogP contribution is -2.35. The molecule has 0 radical (unpaired) electrons. The van der Waals surface area contributed by atoms with E-state index in [-0.39, 0.29) is 5.97 Å². The molecule has 0 aromatic heterocycles. The molecular formula is C19H23NO3S. The van der Waals surface area contributed by atoms with Gasteiger partial charge in [-0.3, -0.25) is 5.32 Å². The minimum atomic E-state index is -0.396. The van der Waals surface area contributed by atoms with Gasteiger partial charge in [-0.15, -0.1) is 11.8 Å². The number of esters is 1. The van der Waals surface area contributed by atoms with Crippen LogP contribution in [0, 0.1) is 0 Å². The van der Waals surface area contributed by atoms with Gasteiger partial charge in [-0.1, -0.05) is 42.5 Å². The fourth-order valence-electron chi connectivity index (χ4n) is 2.14. The largest absolute Gasteiger partial charge is 0.497 e. The zero-order valence-corrected chi connectivity index (χ0v) is 14.8. The monoisotopic (exact) mass is 345 g/mol. The Morgan fingerprint density at radius 3 is 2.42 bits per heavy atom. The van der Waals surface area contributed by atoms with Gasteiger partial charge in [0, 0.05) is 12.3 Å². The lowest BCUT2D eigenvalue weighted by molar-refractivity contribution is -0.143. The summed E-state index contributed by atoms with van der Waals surface area (Å²) in [7, 11) is 1.65. The molecule has 24 heavy (non-hydrogen) atoms. The van der Waals surface area contributed by atoms with Crippen LogP contribution in [-0.2, 0) is 21.8 Å². The van der Waals surface area contributed by atoms with E-state index in [2.05, 4.69) is 5.32 Å². The number of hydrogen-bond donors (Lipinski definition) is 1. The first kappa shape index (κ1) is 18.4. The highest BCUT2D eigenvalue weighted by molar-refractivity contribution is 7.99. The minimum Gasteiger partial charge on any atom is -0.497 e. The van der Waals surface area contributed by atoms with Crippen molar-refractivity contribution in [2.75, 3.05) is 13.7 Å². The molecule has 0 aliphatic rings. The summed E-state index contributed by atoms with van der Waals surface area (Å²) in [4.78, 5) is 12.2. The predicted molar refractivity (Wildman–Crippen MR) is 98.0 cm³/mol. The van der Waals surface area contributed by atoms with E-state index in [1.807, 2.05) is 61.5 Å². The van der Waals surface area contributed by atoms with Crippen LogP contribution in [0.4, 0.5) is 0 Å². The van der Waals surface area contributed by atoms with Crippen LogP contribution in [0.15, 0.2) is 54.6 Å².